The predicted octanol–water partition coefficient (Wildman–Crippen LogP) is 2.85. The van der Waals surface area contributed by atoms with Crippen LogP contribution in [0.1, 0.15) is 30.6 Å². The smallest absolute Gasteiger partial charge is 0.237 e. The lowest BCUT2D eigenvalue weighted by Gasteiger charge is -2.31. The molecule has 4 rings (SSSR count). The van der Waals surface area contributed by atoms with Gasteiger partial charge in [0, 0.05) is 24.1 Å². The molecule has 2 aliphatic rings. The molecule has 0 aliphatic carbocycles. The Labute approximate surface area is 146 Å². The maximum atomic E-state index is 14.1. The van der Waals surface area contributed by atoms with E-state index in [9.17, 15) is 9.18 Å². The van der Waals surface area contributed by atoms with E-state index in [2.05, 4.69) is 10.1 Å². The van der Waals surface area contributed by atoms with Gasteiger partial charge in [-0.3, -0.25) is 9.69 Å². The molecule has 0 N–H and O–H groups in total. The van der Waals surface area contributed by atoms with Gasteiger partial charge in [0.25, 0.3) is 0 Å². The Bertz CT molecular complexity index is 768. The van der Waals surface area contributed by atoms with Crippen LogP contribution in [0.4, 0.5) is 4.39 Å². The monoisotopic (exact) mass is 343 g/mol. The molecule has 2 aliphatic heterocycles. The fourth-order valence-electron chi connectivity index (χ4n) is 3.70. The van der Waals surface area contributed by atoms with Crippen molar-refractivity contribution < 1.29 is 13.7 Å². The second-order valence-corrected chi connectivity index (χ2v) is 6.81. The largest absolute Gasteiger partial charge is 0.360 e. The van der Waals surface area contributed by atoms with Crippen LogP contribution in [-0.4, -0.2) is 47.0 Å². The molecular formula is C19H22FN3O2. The lowest BCUT2D eigenvalue weighted by atomic mass is 10.0. The first-order valence-electron chi connectivity index (χ1n) is 8.95. The number of fused-ring (bicyclic) bond motifs is 1. The van der Waals surface area contributed by atoms with Crippen LogP contribution in [0.3, 0.4) is 0 Å². The number of carbonyl (C=O) groups excluding carboxylic acids is 1. The summed E-state index contributed by atoms with van der Waals surface area (Å²) in [7, 11) is 0. The molecule has 2 aromatic rings. The van der Waals surface area contributed by atoms with Crippen molar-refractivity contribution in [3.05, 3.63) is 41.4 Å². The van der Waals surface area contributed by atoms with Gasteiger partial charge in [-0.25, -0.2) is 4.39 Å². The average molecular weight is 343 g/mol. The van der Waals surface area contributed by atoms with Crippen LogP contribution in [0.25, 0.3) is 11.3 Å². The van der Waals surface area contributed by atoms with Gasteiger partial charge in [0.1, 0.15) is 17.3 Å². The van der Waals surface area contributed by atoms with E-state index >= 15 is 0 Å². The van der Waals surface area contributed by atoms with Gasteiger partial charge in [-0.15, -0.1) is 0 Å². The normalized spacial score (nSPS) is 18.2. The zero-order chi connectivity index (χ0) is 17.2. The molecule has 0 spiro atoms. The molecule has 5 nitrogen and oxygen atoms in total. The number of halogens is 1. The summed E-state index contributed by atoms with van der Waals surface area (Å²) < 4.78 is 19.5. The Morgan fingerprint density at radius 3 is 2.76 bits per heavy atom. The number of hydrogen-bond donors (Lipinski definition) is 0. The Hall–Kier alpha value is -2.21. The fourth-order valence-corrected chi connectivity index (χ4v) is 3.70. The van der Waals surface area contributed by atoms with Crippen molar-refractivity contribution in [2.24, 2.45) is 0 Å². The zero-order valence-electron chi connectivity index (χ0n) is 14.2. The molecule has 1 aromatic carbocycles. The quantitative estimate of drug-likeness (QED) is 0.860. The molecule has 3 heterocycles. The molecule has 0 radical (unpaired) electrons. The van der Waals surface area contributed by atoms with E-state index in [0.29, 0.717) is 37.3 Å². The van der Waals surface area contributed by atoms with Crippen molar-refractivity contribution in [1.29, 1.82) is 0 Å². The van der Waals surface area contributed by atoms with Crippen LogP contribution < -0.4 is 0 Å². The molecule has 1 aromatic heterocycles. The molecule has 25 heavy (non-hydrogen) atoms. The highest BCUT2D eigenvalue weighted by Crippen LogP contribution is 2.31. The number of nitrogens with zero attached hydrogens (tertiary/aromatic N) is 3. The van der Waals surface area contributed by atoms with Gasteiger partial charge in [-0.2, -0.15) is 0 Å². The Balaban J connectivity index is 1.51. The first kappa shape index (κ1) is 16.3. The van der Waals surface area contributed by atoms with Crippen LogP contribution in [0.5, 0.6) is 0 Å². The van der Waals surface area contributed by atoms with E-state index in [4.69, 9.17) is 4.52 Å². The summed E-state index contributed by atoms with van der Waals surface area (Å²) in [6.07, 6.45) is 4.22. The van der Waals surface area contributed by atoms with Crippen molar-refractivity contribution in [3.63, 3.8) is 0 Å². The van der Waals surface area contributed by atoms with Crippen molar-refractivity contribution in [2.45, 2.75) is 32.2 Å². The summed E-state index contributed by atoms with van der Waals surface area (Å²) in [5.74, 6) is 0.573. The number of piperidine rings is 1. The minimum Gasteiger partial charge on any atom is -0.360 e. The number of likely N-dealkylation sites (tertiary alicyclic amines) is 1. The van der Waals surface area contributed by atoms with Gasteiger partial charge in [-0.05, 0) is 38.1 Å². The fraction of sp³-hybridized carbons (Fsp3) is 0.474. The van der Waals surface area contributed by atoms with E-state index in [1.807, 2.05) is 4.90 Å². The number of rotatable bonds is 3. The summed E-state index contributed by atoms with van der Waals surface area (Å²) in [5, 5.41) is 4.07. The average Bonchev–Trinajstić information content (AvgIpc) is 3.06. The highest BCUT2D eigenvalue weighted by Gasteiger charge is 2.29. The molecule has 0 unspecified atom stereocenters. The summed E-state index contributed by atoms with van der Waals surface area (Å²) in [6.45, 7) is 3.54. The molecule has 0 saturated carbocycles. The van der Waals surface area contributed by atoms with Crippen molar-refractivity contribution in [3.8, 4) is 11.3 Å². The molecule has 0 bridgehead atoms. The molecule has 1 amide bonds. The van der Waals surface area contributed by atoms with Crippen molar-refractivity contribution in [1.82, 2.24) is 15.0 Å². The summed E-state index contributed by atoms with van der Waals surface area (Å²) in [5.41, 5.74) is 1.78. The van der Waals surface area contributed by atoms with Gasteiger partial charge in [0.15, 0.2) is 0 Å². The van der Waals surface area contributed by atoms with Gasteiger partial charge in [-0.1, -0.05) is 23.7 Å². The van der Waals surface area contributed by atoms with E-state index in [0.717, 1.165) is 24.4 Å². The van der Waals surface area contributed by atoms with Crippen LogP contribution in [0.2, 0.25) is 0 Å². The van der Waals surface area contributed by atoms with Crippen LogP contribution >= 0.6 is 0 Å². The maximum absolute atomic E-state index is 14.1. The molecular weight excluding hydrogens is 321 g/mol. The van der Waals surface area contributed by atoms with Gasteiger partial charge in [0.2, 0.25) is 5.91 Å². The van der Waals surface area contributed by atoms with Crippen LogP contribution in [0.15, 0.2) is 28.8 Å². The summed E-state index contributed by atoms with van der Waals surface area (Å²) in [6, 6.07) is 6.54. The molecule has 1 saturated heterocycles. The second-order valence-electron chi connectivity index (χ2n) is 6.81. The molecule has 132 valence electrons. The number of hydrogen-bond acceptors (Lipinski definition) is 4. The lowest BCUT2D eigenvalue weighted by molar-refractivity contribution is -0.133. The minimum absolute atomic E-state index is 0.133. The first-order valence-corrected chi connectivity index (χ1v) is 8.95. The van der Waals surface area contributed by atoms with Crippen LogP contribution in [-0.2, 0) is 17.8 Å². The number of carbonyl (C=O) groups is 1. The third kappa shape index (κ3) is 3.31. The summed E-state index contributed by atoms with van der Waals surface area (Å²) in [4.78, 5) is 16.7. The summed E-state index contributed by atoms with van der Waals surface area (Å²) >= 11 is 0. The predicted molar refractivity (Wildman–Crippen MR) is 91.3 cm³/mol. The molecule has 0 atom stereocenters. The number of amides is 1. The topological polar surface area (TPSA) is 49.6 Å². The highest BCUT2D eigenvalue weighted by molar-refractivity contribution is 5.79. The molecule has 6 heteroatoms. The van der Waals surface area contributed by atoms with E-state index in [1.54, 1.807) is 18.2 Å². The number of aromatic nitrogens is 1. The third-order valence-electron chi connectivity index (χ3n) is 5.12. The second kappa shape index (κ2) is 6.96. The molecule has 1 fully saturated rings. The van der Waals surface area contributed by atoms with Crippen molar-refractivity contribution >= 4 is 5.91 Å². The first-order chi connectivity index (χ1) is 12.2. The zero-order valence-corrected chi connectivity index (χ0v) is 14.2. The van der Waals surface area contributed by atoms with E-state index in [-0.39, 0.29) is 11.7 Å². The Kier molecular flexibility index (Phi) is 4.53. The van der Waals surface area contributed by atoms with Crippen molar-refractivity contribution in [2.75, 3.05) is 26.2 Å². The Morgan fingerprint density at radius 2 is 1.96 bits per heavy atom. The Morgan fingerprint density at radius 1 is 1.16 bits per heavy atom. The number of benzene rings is 1. The standard InChI is InChI=1S/C19H22FN3O2/c20-16-7-3-2-6-14(16)19-15-12-23(11-8-17(15)25-21-19)18(24)13-22-9-4-1-5-10-22/h2-3,6-7H,1,4-5,8-13H2. The maximum Gasteiger partial charge on any atom is 0.237 e. The lowest BCUT2D eigenvalue weighted by Crippen LogP contribution is -2.44. The van der Waals surface area contributed by atoms with Gasteiger partial charge >= 0.3 is 0 Å². The van der Waals surface area contributed by atoms with Gasteiger partial charge < -0.3 is 9.42 Å². The highest BCUT2D eigenvalue weighted by atomic mass is 19.1. The van der Waals surface area contributed by atoms with Crippen LogP contribution in [0, 0.1) is 5.82 Å². The van der Waals surface area contributed by atoms with E-state index < -0.39 is 0 Å². The SMILES string of the molecule is O=C(CN1CCCCC1)N1CCc2onc(-c3ccccc3F)c2C1. The third-order valence-corrected chi connectivity index (χ3v) is 5.12. The van der Waals surface area contributed by atoms with Gasteiger partial charge in [0.05, 0.1) is 13.1 Å². The van der Waals surface area contributed by atoms with E-state index in [1.165, 1.54) is 25.3 Å². The minimum atomic E-state index is -0.324.